The third kappa shape index (κ3) is 5.38. The van der Waals surface area contributed by atoms with Gasteiger partial charge < -0.3 is 15.5 Å². The van der Waals surface area contributed by atoms with Crippen molar-refractivity contribution in [1.29, 1.82) is 5.26 Å². The zero-order chi connectivity index (χ0) is 24.1. The minimum absolute atomic E-state index is 0.121. The van der Waals surface area contributed by atoms with Crippen LogP contribution in [-0.4, -0.2) is 56.7 Å². The molecular formula is C24H27FN8O. The van der Waals surface area contributed by atoms with Crippen LogP contribution in [0.15, 0.2) is 42.9 Å². The molecule has 2 N–H and O–H groups in total. The monoisotopic (exact) mass is 462 g/mol. The molecule has 1 saturated heterocycles. The number of rotatable bonds is 7. The van der Waals surface area contributed by atoms with Gasteiger partial charge in [0.2, 0.25) is 5.95 Å². The van der Waals surface area contributed by atoms with Crippen LogP contribution in [0, 0.1) is 17.1 Å². The number of hydrogen-bond donors (Lipinski definition) is 2. The van der Waals surface area contributed by atoms with Crippen LogP contribution in [-0.2, 0) is 0 Å². The third-order valence-electron chi connectivity index (χ3n) is 5.95. The second-order valence-corrected chi connectivity index (χ2v) is 8.40. The molecule has 1 atom stereocenters. The molecule has 34 heavy (non-hydrogen) atoms. The van der Waals surface area contributed by atoms with Gasteiger partial charge in [0.15, 0.2) is 5.82 Å². The second kappa shape index (κ2) is 10.4. The van der Waals surface area contributed by atoms with E-state index in [0.29, 0.717) is 23.6 Å². The number of halogens is 1. The number of benzene rings is 1. The molecule has 1 amide bonds. The number of nitrogens with one attached hydrogen (secondary N) is 2. The number of carbonyl (C=O) groups is 1. The van der Waals surface area contributed by atoms with Crippen molar-refractivity contribution in [3.05, 3.63) is 54.2 Å². The maximum atomic E-state index is 14.5. The van der Waals surface area contributed by atoms with Gasteiger partial charge in [-0.15, -0.1) is 0 Å². The molecule has 3 aromatic rings. The molecule has 2 aromatic heterocycles. The Morgan fingerprint density at radius 1 is 1.26 bits per heavy atom. The summed E-state index contributed by atoms with van der Waals surface area (Å²) in [6.07, 6.45) is 7.34. The van der Waals surface area contributed by atoms with E-state index in [1.807, 2.05) is 23.9 Å². The summed E-state index contributed by atoms with van der Waals surface area (Å²) in [5.41, 5.74) is 1.74. The van der Waals surface area contributed by atoms with E-state index in [4.69, 9.17) is 5.26 Å². The molecule has 0 unspecified atom stereocenters. The van der Waals surface area contributed by atoms with E-state index in [-0.39, 0.29) is 17.5 Å². The van der Waals surface area contributed by atoms with Crippen molar-refractivity contribution in [1.82, 2.24) is 30.0 Å². The molecule has 0 spiro atoms. The first kappa shape index (κ1) is 23.3. The standard InChI is InChI=1S/C24H27FN8O/c1-3-18(12-26)29-23(34)17-6-4-16(5-7-17)22-21(25)14-27-24(31-22)30-19-13-28-33(15-19)20-8-10-32(2)11-9-20/h4-7,13-15,18,20H,3,8-11H2,1-2H3,(H,29,34)(H,27,30,31)/t18-/m0/s1. The molecule has 4 rings (SSSR count). The van der Waals surface area contributed by atoms with Crippen LogP contribution in [0.2, 0.25) is 0 Å². The van der Waals surface area contributed by atoms with Crippen LogP contribution in [0.5, 0.6) is 0 Å². The zero-order valence-corrected chi connectivity index (χ0v) is 19.2. The van der Waals surface area contributed by atoms with Crippen LogP contribution in [0.1, 0.15) is 42.6 Å². The van der Waals surface area contributed by atoms with Crippen LogP contribution < -0.4 is 10.6 Å². The number of likely N-dealkylation sites (tertiary alicyclic amines) is 1. The highest BCUT2D eigenvalue weighted by Crippen LogP contribution is 2.25. The number of amides is 1. The Morgan fingerprint density at radius 2 is 2.00 bits per heavy atom. The smallest absolute Gasteiger partial charge is 0.252 e. The molecular weight excluding hydrogens is 435 g/mol. The van der Waals surface area contributed by atoms with Crippen molar-refractivity contribution >= 4 is 17.5 Å². The Balaban J connectivity index is 1.46. The van der Waals surface area contributed by atoms with E-state index >= 15 is 0 Å². The molecule has 0 saturated carbocycles. The topological polar surface area (TPSA) is 112 Å². The quantitative estimate of drug-likeness (QED) is 0.552. The fourth-order valence-corrected chi connectivity index (χ4v) is 3.87. The number of nitrogens with zero attached hydrogens (tertiary/aromatic N) is 6. The molecule has 0 radical (unpaired) electrons. The van der Waals surface area contributed by atoms with Gasteiger partial charge in [-0.2, -0.15) is 10.4 Å². The normalized spacial score (nSPS) is 15.5. The lowest BCUT2D eigenvalue weighted by Crippen LogP contribution is -2.33. The lowest BCUT2D eigenvalue weighted by Gasteiger charge is -2.28. The fraction of sp³-hybridized carbons (Fsp3) is 0.375. The van der Waals surface area contributed by atoms with Gasteiger partial charge in [0.1, 0.15) is 11.7 Å². The predicted molar refractivity (Wildman–Crippen MR) is 126 cm³/mol. The van der Waals surface area contributed by atoms with Gasteiger partial charge in [-0.25, -0.2) is 14.4 Å². The van der Waals surface area contributed by atoms with Crippen molar-refractivity contribution < 1.29 is 9.18 Å². The van der Waals surface area contributed by atoms with Crippen molar-refractivity contribution in [3.63, 3.8) is 0 Å². The Labute approximate surface area is 197 Å². The van der Waals surface area contributed by atoms with Gasteiger partial charge in [0, 0.05) is 17.3 Å². The number of aromatic nitrogens is 4. The van der Waals surface area contributed by atoms with Crippen LogP contribution in [0.4, 0.5) is 16.0 Å². The molecule has 0 bridgehead atoms. The SMILES string of the molecule is CC[C@@H](C#N)NC(=O)c1ccc(-c2nc(Nc3cnn(C4CCN(C)CC4)c3)ncc2F)cc1. The number of nitriles is 1. The Kier molecular flexibility index (Phi) is 7.13. The summed E-state index contributed by atoms with van der Waals surface area (Å²) in [4.78, 5) is 23.0. The molecule has 1 aliphatic rings. The summed E-state index contributed by atoms with van der Waals surface area (Å²) in [5.74, 6) is -0.673. The number of carbonyl (C=O) groups excluding carboxylic acids is 1. The van der Waals surface area contributed by atoms with E-state index in [0.717, 1.165) is 37.8 Å². The summed E-state index contributed by atoms with van der Waals surface area (Å²) in [5, 5.41) is 19.2. The largest absolute Gasteiger partial charge is 0.336 e. The van der Waals surface area contributed by atoms with Gasteiger partial charge in [-0.1, -0.05) is 19.1 Å². The van der Waals surface area contributed by atoms with E-state index in [1.165, 1.54) is 0 Å². The first-order chi connectivity index (χ1) is 16.5. The van der Waals surface area contributed by atoms with Gasteiger partial charge >= 0.3 is 0 Å². The maximum absolute atomic E-state index is 14.5. The molecule has 1 fully saturated rings. The van der Waals surface area contributed by atoms with Crippen molar-refractivity contribution in [3.8, 4) is 17.3 Å². The number of hydrogen-bond acceptors (Lipinski definition) is 7. The van der Waals surface area contributed by atoms with E-state index in [9.17, 15) is 9.18 Å². The van der Waals surface area contributed by atoms with Gasteiger partial charge in [0.25, 0.3) is 5.91 Å². The molecule has 1 aromatic carbocycles. The van der Waals surface area contributed by atoms with Gasteiger partial charge in [-0.3, -0.25) is 9.48 Å². The lowest BCUT2D eigenvalue weighted by atomic mass is 10.1. The highest BCUT2D eigenvalue weighted by molar-refractivity contribution is 5.95. The number of anilines is 2. The Hall–Kier alpha value is -3.84. The van der Waals surface area contributed by atoms with E-state index in [1.54, 1.807) is 30.5 Å². The van der Waals surface area contributed by atoms with Crippen molar-refractivity contribution in [2.75, 3.05) is 25.5 Å². The average Bonchev–Trinajstić information content (AvgIpc) is 3.32. The minimum Gasteiger partial charge on any atom is -0.336 e. The highest BCUT2D eigenvalue weighted by Gasteiger charge is 2.19. The minimum atomic E-state index is -0.569. The first-order valence-corrected chi connectivity index (χ1v) is 11.3. The predicted octanol–water partition coefficient (Wildman–Crippen LogP) is 3.52. The first-order valence-electron chi connectivity index (χ1n) is 11.3. The third-order valence-corrected chi connectivity index (χ3v) is 5.95. The molecule has 3 heterocycles. The van der Waals surface area contributed by atoms with E-state index < -0.39 is 11.9 Å². The van der Waals surface area contributed by atoms with E-state index in [2.05, 4.69) is 37.6 Å². The molecule has 176 valence electrons. The van der Waals surface area contributed by atoms with Crippen molar-refractivity contribution in [2.24, 2.45) is 0 Å². The Bertz CT molecular complexity index is 1180. The molecule has 10 heteroatoms. The summed E-state index contributed by atoms with van der Waals surface area (Å²) >= 11 is 0. The second-order valence-electron chi connectivity index (χ2n) is 8.40. The van der Waals surface area contributed by atoms with Crippen LogP contribution in [0.25, 0.3) is 11.3 Å². The summed E-state index contributed by atoms with van der Waals surface area (Å²) in [6.45, 7) is 3.89. The molecule has 1 aliphatic heterocycles. The van der Waals surface area contributed by atoms with Crippen molar-refractivity contribution in [2.45, 2.75) is 38.3 Å². The highest BCUT2D eigenvalue weighted by atomic mass is 19.1. The van der Waals surface area contributed by atoms with Gasteiger partial charge in [-0.05, 0) is 51.5 Å². The molecule has 0 aliphatic carbocycles. The summed E-state index contributed by atoms with van der Waals surface area (Å²) in [6, 6.07) is 8.23. The Morgan fingerprint density at radius 3 is 2.68 bits per heavy atom. The summed E-state index contributed by atoms with van der Waals surface area (Å²) in [7, 11) is 2.12. The average molecular weight is 463 g/mol. The lowest BCUT2D eigenvalue weighted by molar-refractivity contribution is 0.0944. The number of piperidine rings is 1. The molecule has 9 nitrogen and oxygen atoms in total. The maximum Gasteiger partial charge on any atom is 0.252 e. The van der Waals surface area contributed by atoms with Crippen LogP contribution in [0.3, 0.4) is 0 Å². The zero-order valence-electron chi connectivity index (χ0n) is 19.2. The summed E-state index contributed by atoms with van der Waals surface area (Å²) < 4.78 is 16.5. The van der Waals surface area contributed by atoms with Crippen LogP contribution >= 0.6 is 0 Å². The fourth-order valence-electron chi connectivity index (χ4n) is 3.87. The van der Waals surface area contributed by atoms with Gasteiger partial charge in [0.05, 0.1) is 30.2 Å².